The van der Waals surface area contributed by atoms with E-state index in [1.165, 1.54) is 0 Å². The molecule has 6 unspecified atom stereocenters. The van der Waals surface area contributed by atoms with Crippen LogP contribution in [0.2, 0.25) is 0 Å². The van der Waals surface area contributed by atoms with Crippen LogP contribution in [0.5, 0.6) is 0 Å². The van der Waals surface area contributed by atoms with Crippen molar-refractivity contribution in [1.82, 2.24) is 16.3 Å². The molecule has 4 fully saturated rings. The predicted octanol–water partition coefficient (Wildman–Crippen LogP) is 2.86. The number of carboxylic acids is 3. The van der Waals surface area contributed by atoms with Crippen molar-refractivity contribution in [1.29, 1.82) is 0 Å². The van der Waals surface area contributed by atoms with Crippen LogP contribution in [-0.4, -0.2) is 81.4 Å². The molecule has 4 aliphatic rings. The van der Waals surface area contributed by atoms with E-state index >= 15 is 0 Å². The minimum absolute atomic E-state index is 0.00114. The molecule has 9 atom stereocenters. The number of aldehydes is 2. The van der Waals surface area contributed by atoms with E-state index < -0.39 is 58.9 Å². The van der Waals surface area contributed by atoms with Crippen molar-refractivity contribution < 1.29 is 58.6 Å². The normalized spacial score (nSPS) is 33.1. The quantitative estimate of drug-likeness (QED) is 0.0644. The summed E-state index contributed by atoms with van der Waals surface area (Å²) < 4.78 is 0. The van der Waals surface area contributed by atoms with Gasteiger partial charge in [-0.25, -0.2) is 4.79 Å². The van der Waals surface area contributed by atoms with Gasteiger partial charge in [0.1, 0.15) is 24.2 Å². The smallest absolute Gasteiger partial charge is 0.330 e. The number of carbonyl (C=O) groups is 7. The number of fused-ring (bicyclic) bond motifs is 3. The third kappa shape index (κ3) is 8.10. The molecule has 1 amide bonds. The van der Waals surface area contributed by atoms with Crippen molar-refractivity contribution in [2.24, 2.45) is 28.1 Å². The van der Waals surface area contributed by atoms with Crippen LogP contribution in [0.1, 0.15) is 110 Å². The fourth-order valence-electron chi connectivity index (χ4n) is 9.84. The number of rotatable bonds is 19. The Hall–Kier alpha value is -3.69. The van der Waals surface area contributed by atoms with Crippen molar-refractivity contribution >= 4 is 42.4 Å². The minimum Gasteiger partial charge on any atom is -0.481 e. The highest BCUT2D eigenvalue weighted by molar-refractivity contribution is 5.85. The first-order valence-corrected chi connectivity index (χ1v) is 17.5. The number of carboxylic acid groups (broad SMARTS) is 3. The summed E-state index contributed by atoms with van der Waals surface area (Å²) >= 11 is 0. The molecule has 0 aromatic carbocycles. The predicted molar refractivity (Wildman–Crippen MR) is 175 cm³/mol. The summed E-state index contributed by atoms with van der Waals surface area (Å²) in [6.07, 6.45) is 6.43. The molecule has 6 N–H and O–H groups in total. The van der Waals surface area contributed by atoms with Crippen LogP contribution in [0.3, 0.4) is 0 Å². The topological polar surface area (TPSA) is 235 Å². The molecule has 4 saturated carbocycles. The summed E-state index contributed by atoms with van der Waals surface area (Å²) in [5.41, 5.74) is 4.19. The second-order valence-electron chi connectivity index (χ2n) is 15.3. The lowest BCUT2D eigenvalue weighted by molar-refractivity contribution is -0.204. The molecule has 50 heavy (non-hydrogen) atoms. The van der Waals surface area contributed by atoms with Crippen molar-refractivity contribution in [3.63, 3.8) is 0 Å². The molecular formula is C35H51N3O12. The molecule has 0 aliphatic heterocycles. The second-order valence-corrected chi connectivity index (χ2v) is 15.3. The number of hydrogen-bond donors (Lipinski definition) is 6. The van der Waals surface area contributed by atoms with Crippen molar-refractivity contribution in [3.05, 3.63) is 12.2 Å². The number of hydrogen-bond acceptors (Lipinski definition) is 11. The monoisotopic (exact) mass is 705 g/mol. The van der Waals surface area contributed by atoms with Gasteiger partial charge in [0.15, 0.2) is 0 Å². The molecule has 278 valence electrons. The lowest BCUT2D eigenvalue weighted by atomic mass is 9.41. The van der Waals surface area contributed by atoms with Crippen LogP contribution in [-0.2, 0) is 43.2 Å². The van der Waals surface area contributed by atoms with Gasteiger partial charge in [0, 0.05) is 19.3 Å². The molecule has 15 heteroatoms. The first kappa shape index (κ1) is 39.1. The van der Waals surface area contributed by atoms with E-state index in [1.54, 1.807) is 0 Å². The summed E-state index contributed by atoms with van der Waals surface area (Å²) in [5, 5.41) is 29.7. The van der Waals surface area contributed by atoms with E-state index in [9.17, 15) is 38.7 Å². The SMILES string of the molecule is C=C1CC23CCC4C(C)(C(=O)ON[C@H](C=O)CCC(=O)O)CCCC4(C)C2CCC1(ON[C@@H](CCC(=O)O)C(=O)N[C@H](C=O)CCC(=O)O)C3. The molecule has 15 nitrogen and oxygen atoms in total. The second kappa shape index (κ2) is 15.7. The Morgan fingerprint density at radius 2 is 1.44 bits per heavy atom. The average Bonchev–Trinajstić information content (AvgIpc) is 3.25. The number of carbonyl (C=O) groups excluding carboxylic acids is 4. The fourth-order valence-corrected chi connectivity index (χ4v) is 9.84. The molecule has 1 spiro atoms. The Bertz CT molecular complexity index is 1370. The maximum Gasteiger partial charge on any atom is 0.330 e. The van der Waals surface area contributed by atoms with E-state index in [1.807, 2.05) is 6.92 Å². The summed E-state index contributed by atoms with van der Waals surface area (Å²) in [7, 11) is 0. The fraction of sp³-hybridized carbons (Fsp3) is 0.743. The van der Waals surface area contributed by atoms with Gasteiger partial charge in [-0.3, -0.25) is 24.0 Å². The van der Waals surface area contributed by atoms with Gasteiger partial charge in [0.2, 0.25) is 5.91 Å². The third-order valence-corrected chi connectivity index (χ3v) is 12.3. The van der Waals surface area contributed by atoms with Gasteiger partial charge in [-0.05, 0) is 106 Å². The molecule has 0 saturated heterocycles. The Kier molecular flexibility index (Phi) is 12.3. The van der Waals surface area contributed by atoms with Crippen LogP contribution in [0, 0.1) is 28.1 Å². The highest BCUT2D eigenvalue weighted by Gasteiger charge is 2.68. The maximum absolute atomic E-state index is 13.7. The van der Waals surface area contributed by atoms with Gasteiger partial charge in [-0.1, -0.05) is 19.9 Å². The van der Waals surface area contributed by atoms with Crippen LogP contribution in [0.4, 0.5) is 0 Å². The summed E-state index contributed by atoms with van der Waals surface area (Å²) in [4.78, 5) is 95.0. The maximum atomic E-state index is 13.7. The zero-order valence-corrected chi connectivity index (χ0v) is 28.9. The van der Waals surface area contributed by atoms with E-state index in [2.05, 4.69) is 29.8 Å². The first-order valence-electron chi connectivity index (χ1n) is 17.5. The lowest BCUT2D eigenvalue weighted by Crippen LogP contribution is -2.60. The van der Waals surface area contributed by atoms with Gasteiger partial charge in [-0.15, -0.1) is 5.48 Å². The lowest BCUT2D eigenvalue weighted by Gasteiger charge is -2.63. The Morgan fingerprint density at radius 1 is 0.840 bits per heavy atom. The molecule has 4 rings (SSSR count). The molecule has 4 aliphatic carbocycles. The standard InChI is InChI=1S/C35H51N3O12/c1-21-17-34-15-11-25-32(2,13-4-14-33(25,3)31(48)49-37-23(19-40)6-9-28(43)44)26(34)12-16-35(21,20-34)50-38-24(7-10-29(45)46)30(47)36-22(18-39)5-8-27(41)42/h18-19,22-26,37-38H,1,4-17,20H2,2-3H3,(H,36,47)(H,41,42)(H,43,44)(H,45,46)/t22-,23-,24-,25?,26?,32?,33?,34?,35?/m0/s1. The third-order valence-electron chi connectivity index (χ3n) is 12.3. The van der Waals surface area contributed by atoms with Crippen molar-refractivity contribution in [2.45, 2.75) is 134 Å². The number of hydroxylamine groups is 2. The van der Waals surface area contributed by atoms with E-state index in [4.69, 9.17) is 19.9 Å². The van der Waals surface area contributed by atoms with Crippen LogP contribution in [0.15, 0.2) is 12.2 Å². The van der Waals surface area contributed by atoms with Gasteiger partial charge in [0.25, 0.3) is 0 Å². The summed E-state index contributed by atoms with van der Waals surface area (Å²) in [5.74, 6) is -4.18. The number of nitrogens with one attached hydrogen (secondary N) is 3. The van der Waals surface area contributed by atoms with Crippen molar-refractivity contribution in [2.75, 3.05) is 0 Å². The van der Waals surface area contributed by atoms with Gasteiger partial charge in [0.05, 0.1) is 17.5 Å². The van der Waals surface area contributed by atoms with Crippen molar-refractivity contribution in [3.8, 4) is 0 Å². The molecule has 2 bridgehead atoms. The number of amides is 1. The zero-order chi connectivity index (χ0) is 36.9. The summed E-state index contributed by atoms with van der Waals surface area (Å²) in [6, 6.07) is -3.10. The van der Waals surface area contributed by atoms with Crippen LogP contribution in [0.25, 0.3) is 0 Å². The zero-order valence-electron chi connectivity index (χ0n) is 28.9. The first-order chi connectivity index (χ1) is 23.5. The Labute approximate surface area is 291 Å². The van der Waals surface area contributed by atoms with Gasteiger partial charge < -0.3 is 35.1 Å². The molecule has 0 aromatic heterocycles. The van der Waals surface area contributed by atoms with Crippen LogP contribution < -0.4 is 16.3 Å². The van der Waals surface area contributed by atoms with Gasteiger partial charge in [-0.2, -0.15) is 5.48 Å². The Balaban J connectivity index is 1.46. The van der Waals surface area contributed by atoms with Gasteiger partial charge >= 0.3 is 23.9 Å². The number of aliphatic carboxylic acids is 3. The van der Waals surface area contributed by atoms with E-state index in [0.717, 1.165) is 37.7 Å². The highest BCUT2D eigenvalue weighted by atomic mass is 16.7. The van der Waals surface area contributed by atoms with E-state index in [0.29, 0.717) is 38.3 Å². The van der Waals surface area contributed by atoms with E-state index in [-0.39, 0.29) is 61.2 Å². The minimum atomic E-state index is -1.12. The summed E-state index contributed by atoms with van der Waals surface area (Å²) in [6.45, 7) is 8.59. The molecule has 0 heterocycles. The molecule has 0 radical (unpaired) electrons. The van der Waals surface area contributed by atoms with Crippen LogP contribution >= 0.6 is 0 Å². The molecule has 0 aromatic rings. The largest absolute Gasteiger partial charge is 0.481 e. The molecular weight excluding hydrogens is 654 g/mol. The highest BCUT2D eigenvalue weighted by Crippen LogP contribution is 2.73. The average molecular weight is 706 g/mol. The Morgan fingerprint density at radius 3 is 2.06 bits per heavy atom.